The van der Waals surface area contributed by atoms with Crippen molar-refractivity contribution in [1.82, 2.24) is 0 Å². The number of aliphatic carboxylic acids is 1. The summed E-state index contributed by atoms with van der Waals surface area (Å²) in [4.78, 5) is 10.7. The van der Waals surface area contributed by atoms with Gasteiger partial charge in [0.05, 0.1) is 6.42 Å². The molecule has 0 aliphatic carbocycles. The number of nitrogens with two attached hydrogens (primary N) is 1. The van der Waals surface area contributed by atoms with E-state index in [0.29, 0.717) is 12.0 Å². The van der Waals surface area contributed by atoms with Crippen LogP contribution in [0.5, 0.6) is 0 Å². The SMILES string of the molecule is Cc1cc(C(N)CC(C)(C)CC(=O)O)c(F)cc1F. The number of benzene rings is 1. The van der Waals surface area contributed by atoms with Crippen LogP contribution in [0.1, 0.15) is 43.9 Å². The van der Waals surface area contributed by atoms with Crippen LogP contribution in [0.25, 0.3) is 0 Å². The molecule has 0 fully saturated rings. The first-order chi connectivity index (χ1) is 8.62. The van der Waals surface area contributed by atoms with E-state index in [1.807, 2.05) is 0 Å². The second-order valence-corrected chi connectivity index (χ2v) is 5.67. The molecule has 0 aliphatic heterocycles. The highest BCUT2D eigenvalue weighted by molar-refractivity contribution is 5.67. The fourth-order valence-corrected chi connectivity index (χ4v) is 2.15. The van der Waals surface area contributed by atoms with Gasteiger partial charge in [0, 0.05) is 17.7 Å². The molecule has 0 amide bonds. The Morgan fingerprint density at radius 3 is 2.47 bits per heavy atom. The number of carbonyl (C=O) groups is 1. The summed E-state index contributed by atoms with van der Waals surface area (Å²) in [5.41, 5.74) is 5.91. The van der Waals surface area contributed by atoms with Crippen LogP contribution in [0.2, 0.25) is 0 Å². The largest absolute Gasteiger partial charge is 0.481 e. The second-order valence-electron chi connectivity index (χ2n) is 5.67. The van der Waals surface area contributed by atoms with Gasteiger partial charge in [-0.3, -0.25) is 4.79 Å². The molecule has 0 saturated heterocycles. The third-order valence-corrected chi connectivity index (χ3v) is 3.08. The molecule has 0 aliphatic rings. The molecule has 3 N–H and O–H groups in total. The van der Waals surface area contributed by atoms with Gasteiger partial charge >= 0.3 is 5.97 Å². The summed E-state index contributed by atoms with van der Waals surface area (Å²) in [5.74, 6) is -2.23. The Morgan fingerprint density at radius 2 is 1.95 bits per heavy atom. The van der Waals surface area contributed by atoms with Crippen LogP contribution in [-0.2, 0) is 4.79 Å². The highest BCUT2D eigenvalue weighted by Gasteiger charge is 2.26. The Bertz CT molecular complexity index is 487. The van der Waals surface area contributed by atoms with E-state index in [9.17, 15) is 13.6 Å². The van der Waals surface area contributed by atoms with Crippen LogP contribution < -0.4 is 5.73 Å². The van der Waals surface area contributed by atoms with E-state index >= 15 is 0 Å². The molecule has 19 heavy (non-hydrogen) atoms. The molecule has 5 heteroatoms. The van der Waals surface area contributed by atoms with Gasteiger partial charge in [-0.1, -0.05) is 13.8 Å². The van der Waals surface area contributed by atoms with E-state index in [0.717, 1.165) is 6.07 Å². The number of halogens is 2. The first kappa shape index (κ1) is 15.6. The molecule has 0 radical (unpaired) electrons. The molecule has 1 aromatic carbocycles. The number of carboxylic acids is 1. The van der Waals surface area contributed by atoms with Gasteiger partial charge in [-0.15, -0.1) is 0 Å². The van der Waals surface area contributed by atoms with Gasteiger partial charge < -0.3 is 10.8 Å². The first-order valence-electron chi connectivity index (χ1n) is 6.05. The van der Waals surface area contributed by atoms with Gasteiger partial charge in [-0.2, -0.15) is 0 Å². The van der Waals surface area contributed by atoms with E-state index in [4.69, 9.17) is 10.8 Å². The van der Waals surface area contributed by atoms with Crippen molar-refractivity contribution in [2.24, 2.45) is 11.1 Å². The lowest BCUT2D eigenvalue weighted by atomic mass is 9.81. The summed E-state index contributed by atoms with van der Waals surface area (Å²) in [6, 6.07) is 1.54. The zero-order chi connectivity index (χ0) is 14.8. The van der Waals surface area contributed by atoms with Crippen molar-refractivity contribution in [2.45, 2.75) is 39.7 Å². The number of carboxylic acid groups (broad SMARTS) is 1. The molecule has 106 valence electrons. The summed E-state index contributed by atoms with van der Waals surface area (Å²) >= 11 is 0. The van der Waals surface area contributed by atoms with E-state index in [1.165, 1.54) is 13.0 Å². The Balaban J connectivity index is 2.92. The van der Waals surface area contributed by atoms with Crippen molar-refractivity contribution in [3.8, 4) is 0 Å². The van der Waals surface area contributed by atoms with E-state index < -0.39 is 29.1 Å². The Morgan fingerprint density at radius 1 is 1.37 bits per heavy atom. The predicted octanol–water partition coefficient (Wildman–Crippen LogP) is 3.16. The average Bonchev–Trinajstić information content (AvgIpc) is 2.20. The zero-order valence-corrected chi connectivity index (χ0v) is 11.3. The van der Waals surface area contributed by atoms with Crippen LogP contribution in [0, 0.1) is 24.0 Å². The van der Waals surface area contributed by atoms with Crippen molar-refractivity contribution in [2.75, 3.05) is 0 Å². The maximum atomic E-state index is 13.7. The molecular formula is C14H19F2NO2. The van der Waals surface area contributed by atoms with E-state index in [2.05, 4.69) is 0 Å². The minimum Gasteiger partial charge on any atom is -0.481 e. The molecule has 0 aromatic heterocycles. The summed E-state index contributed by atoms with van der Waals surface area (Å²) in [7, 11) is 0. The fourth-order valence-electron chi connectivity index (χ4n) is 2.15. The lowest BCUT2D eigenvalue weighted by Gasteiger charge is -2.26. The average molecular weight is 271 g/mol. The summed E-state index contributed by atoms with van der Waals surface area (Å²) in [5, 5.41) is 8.80. The van der Waals surface area contributed by atoms with Gasteiger partial charge in [0.25, 0.3) is 0 Å². The molecule has 1 atom stereocenters. The second kappa shape index (κ2) is 5.65. The molecule has 0 bridgehead atoms. The third-order valence-electron chi connectivity index (χ3n) is 3.08. The van der Waals surface area contributed by atoms with Gasteiger partial charge in [0.15, 0.2) is 0 Å². The Labute approximate surface area is 111 Å². The quantitative estimate of drug-likeness (QED) is 0.864. The maximum Gasteiger partial charge on any atom is 0.303 e. The van der Waals surface area contributed by atoms with Crippen LogP contribution in [-0.4, -0.2) is 11.1 Å². The van der Waals surface area contributed by atoms with Crippen molar-refractivity contribution in [1.29, 1.82) is 0 Å². The monoisotopic (exact) mass is 271 g/mol. The molecule has 1 aromatic rings. The van der Waals surface area contributed by atoms with Gasteiger partial charge in [-0.05, 0) is 30.4 Å². The van der Waals surface area contributed by atoms with E-state index in [-0.39, 0.29) is 12.0 Å². The number of hydrogen-bond donors (Lipinski definition) is 2. The highest BCUT2D eigenvalue weighted by Crippen LogP contribution is 2.33. The van der Waals surface area contributed by atoms with Crippen molar-refractivity contribution < 1.29 is 18.7 Å². The highest BCUT2D eigenvalue weighted by atomic mass is 19.1. The lowest BCUT2D eigenvalue weighted by Crippen LogP contribution is -2.24. The molecule has 3 nitrogen and oxygen atoms in total. The van der Waals surface area contributed by atoms with Crippen molar-refractivity contribution >= 4 is 5.97 Å². The molecular weight excluding hydrogens is 252 g/mol. The fraction of sp³-hybridized carbons (Fsp3) is 0.500. The standard InChI is InChI=1S/C14H19F2NO2/c1-8-4-9(11(16)5-10(8)15)12(17)6-14(2,3)7-13(18)19/h4-5,12H,6-7,17H2,1-3H3,(H,18,19). The van der Waals surface area contributed by atoms with Crippen LogP contribution >= 0.6 is 0 Å². The van der Waals surface area contributed by atoms with Crippen LogP contribution in [0.3, 0.4) is 0 Å². The smallest absolute Gasteiger partial charge is 0.303 e. The van der Waals surface area contributed by atoms with Crippen LogP contribution in [0.4, 0.5) is 8.78 Å². The number of aryl methyl sites for hydroxylation is 1. The van der Waals surface area contributed by atoms with Crippen molar-refractivity contribution in [3.63, 3.8) is 0 Å². The molecule has 0 spiro atoms. The summed E-state index contributed by atoms with van der Waals surface area (Å²) in [6.07, 6.45) is 0.254. The summed E-state index contributed by atoms with van der Waals surface area (Å²) < 4.78 is 26.9. The maximum absolute atomic E-state index is 13.7. The molecule has 1 unspecified atom stereocenters. The third kappa shape index (κ3) is 4.28. The molecule has 0 heterocycles. The van der Waals surface area contributed by atoms with Gasteiger partial charge in [-0.25, -0.2) is 8.78 Å². The van der Waals surface area contributed by atoms with Gasteiger partial charge in [0.1, 0.15) is 11.6 Å². The predicted molar refractivity (Wildman–Crippen MR) is 68.7 cm³/mol. The van der Waals surface area contributed by atoms with Gasteiger partial charge in [0.2, 0.25) is 0 Å². The topological polar surface area (TPSA) is 63.3 Å². The number of hydrogen-bond acceptors (Lipinski definition) is 2. The molecule has 1 rings (SSSR count). The number of rotatable bonds is 5. The Hall–Kier alpha value is -1.49. The first-order valence-corrected chi connectivity index (χ1v) is 6.05. The molecule has 0 saturated carbocycles. The normalized spacial score (nSPS) is 13.4. The van der Waals surface area contributed by atoms with Crippen LogP contribution in [0.15, 0.2) is 12.1 Å². The zero-order valence-electron chi connectivity index (χ0n) is 11.3. The summed E-state index contributed by atoms with van der Waals surface area (Å²) in [6.45, 7) is 5.05. The lowest BCUT2D eigenvalue weighted by molar-refractivity contribution is -0.139. The Kier molecular flexibility index (Phi) is 4.63. The minimum atomic E-state index is -0.923. The van der Waals surface area contributed by atoms with E-state index in [1.54, 1.807) is 13.8 Å². The van der Waals surface area contributed by atoms with Crippen molar-refractivity contribution in [3.05, 3.63) is 34.9 Å². The minimum absolute atomic E-state index is 0.0531.